The molecule has 0 aromatic heterocycles. The zero-order valence-corrected chi connectivity index (χ0v) is 22.0. The zero-order valence-electron chi connectivity index (χ0n) is 19.6. The molecule has 0 spiro atoms. The largest absolute Gasteiger partial charge is 0.497 e. The summed E-state index contributed by atoms with van der Waals surface area (Å²) in [6, 6.07) is 16.3. The van der Waals surface area contributed by atoms with E-state index in [0.29, 0.717) is 11.4 Å². The number of halogens is 2. The van der Waals surface area contributed by atoms with Gasteiger partial charge in [-0.2, -0.15) is 0 Å². The fourth-order valence-electron chi connectivity index (χ4n) is 3.15. The molecule has 35 heavy (non-hydrogen) atoms. The molecule has 3 aromatic rings. The van der Waals surface area contributed by atoms with Crippen LogP contribution in [0.5, 0.6) is 11.5 Å². The topological polar surface area (TPSA) is 106 Å². The molecule has 0 radical (unpaired) electrons. The van der Waals surface area contributed by atoms with Gasteiger partial charge in [-0.1, -0.05) is 29.8 Å². The number of nitrogens with one attached hydrogen (secondary N) is 3. The zero-order chi connectivity index (χ0) is 24.9. The van der Waals surface area contributed by atoms with Gasteiger partial charge in [-0.05, 0) is 67.6 Å². The van der Waals surface area contributed by atoms with Crippen molar-refractivity contribution < 1.29 is 22.7 Å². The average molecular weight is 540 g/mol. The monoisotopic (exact) mass is 539 g/mol. The third-order valence-corrected chi connectivity index (χ3v) is 7.01. The molecule has 0 unspecified atom stereocenters. The quantitative estimate of drug-likeness (QED) is 0.361. The molecule has 0 bridgehead atoms. The Hall–Kier alpha value is -2.98. The standard InChI is InChI=1S/C24H26ClN3O5S.ClH/c1-15(26-2)24(29)27-18-9-10-22(33-4)21(14-18)28-34(30,31)23-11-8-17(13-20(23)25)16-6-5-7-19(12-16)32-3;/h5-15,26,28H,1-4H3,(H,27,29);1H/t15-;/m0./s1. The molecule has 3 rings (SSSR count). The summed E-state index contributed by atoms with van der Waals surface area (Å²) in [5.74, 6) is 0.695. The van der Waals surface area contributed by atoms with Crippen LogP contribution in [0.15, 0.2) is 65.6 Å². The minimum atomic E-state index is -4.07. The molecule has 0 aliphatic carbocycles. The Morgan fingerprint density at radius 2 is 1.69 bits per heavy atom. The van der Waals surface area contributed by atoms with E-state index in [1.807, 2.05) is 24.3 Å². The number of carbonyl (C=O) groups excluding carboxylic acids is 1. The van der Waals surface area contributed by atoms with Crippen molar-refractivity contribution in [1.29, 1.82) is 0 Å². The summed E-state index contributed by atoms with van der Waals surface area (Å²) >= 11 is 6.38. The maximum absolute atomic E-state index is 13.2. The number of rotatable bonds is 9. The van der Waals surface area contributed by atoms with Crippen molar-refractivity contribution in [2.75, 3.05) is 31.3 Å². The first-order valence-corrected chi connectivity index (χ1v) is 12.2. The Bertz CT molecular complexity index is 1300. The molecule has 188 valence electrons. The lowest BCUT2D eigenvalue weighted by Gasteiger charge is -2.16. The number of sulfonamides is 1. The number of amides is 1. The highest BCUT2D eigenvalue weighted by Crippen LogP contribution is 2.34. The van der Waals surface area contributed by atoms with Gasteiger partial charge in [0.2, 0.25) is 5.91 Å². The van der Waals surface area contributed by atoms with Gasteiger partial charge in [0.05, 0.1) is 31.0 Å². The first kappa shape index (κ1) is 28.3. The summed E-state index contributed by atoms with van der Waals surface area (Å²) in [7, 11) is 0.595. The SMILES string of the molecule is CN[C@@H](C)C(=O)Nc1ccc(OC)c(NS(=O)(=O)c2ccc(-c3cccc(OC)c3)cc2Cl)c1.Cl. The van der Waals surface area contributed by atoms with Gasteiger partial charge in [-0.25, -0.2) is 8.42 Å². The van der Waals surface area contributed by atoms with Crippen molar-refractivity contribution in [3.05, 3.63) is 65.7 Å². The molecular formula is C24H27Cl2N3O5S. The molecule has 0 aliphatic heterocycles. The van der Waals surface area contributed by atoms with E-state index in [9.17, 15) is 13.2 Å². The van der Waals surface area contributed by atoms with E-state index in [2.05, 4.69) is 15.4 Å². The summed E-state index contributed by atoms with van der Waals surface area (Å²) in [5, 5.41) is 5.62. The second kappa shape index (κ2) is 12.1. The summed E-state index contributed by atoms with van der Waals surface area (Å²) in [6.07, 6.45) is 0. The second-order valence-electron chi connectivity index (χ2n) is 7.40. The van der Waals surface area contributed by atoms with Crippen molar-refractivity contribution in [3.63, 3.8) is 0 Å². The Balaban J connectivity index is 0.00000432. The van der Waals surface area contributed by atoms with Crippen LogP contribution in [0.2, 0.25) is 5.02 Å². The van der Waals surface area contributed by atoms with Gasteiger partial charge < -0.3 is 20.1 Å². The lowest BCUT2D eigenvalue weighted by Crippen LogP contribution is -2.35. The van der Waals surface area contributed by atoms with Gasteiger partial charge in [0.15, 0.2) is 0 Å². The van der Waals surface area contributed by atoms with Gasteiger partial charge in [-0.3, -0.25) is 9.52 Å². The molecule has 1 amide bonds. The molecule has 0 saturated carbocycles. The Morgan fingerprint density at radius 1 is 0.971 bits per heavy atom. The molecule has 11 heteroatoms. The number of benzene rings is 3. The predicted molar refractivity (Wildman–Crippen MR) is 142 cm³/mol. The van der Waals surface area contributed by atoms with Gasteiger partial charge in [0.1, 0.15) is 16.4 Å². The van der Waals surface area contributed by atoms with Crippen molar-refractivity contribution >= 4 is 51.3 Å². The van der Waals surface area contributed by atoms with Crippen LogP contribution in [0.4, 0.5) is 11.4 Å². The average Bonchev–Trinajstić information content (AvgIpc) is 2.83. The number of hydrogen-bond donors (Lipinski definition) is 3. The third-order valence-electron chi connectivity index (χ3n) is 5.16. The van der Waals surface area contributed by atoms with E-state index in [1.54, 1.807) is 45.3 Å². The first-order chi connectivity index (χ1) is 16.2. The number of anilines is 2. The maximum atomic E-state index is 13.2. The Morgan fingerprint density at radius 3 is 2.31 bits per heavy atom. The van der Waals surface area contributed by atoms with Crippen LogP contribution in [0.3, 0.4) is 0 Å². The fourth-order valence-corrected chi connectivity index (χ4v) is 4.75. The molecule has 8 nitrogen and oxygen atoms in total. The minimum absolute atomic E-state index is 0. The van der Waals surface area contributed by atoms with Crippen LogP contribution < -0.4 is 24.8 Å². The van der Waals surface area contributed by atoms with Crippen LogP contribution in [-0.2, 0) is 14.8 Å². The lowest BCUT2D eigenvalue weighted by atomic mass is 10.1. The van der Waals surface area contributed by atoms with Crippen LogP contribution >= 0.6 is 24.0 Å². The van der Waals surface area contributed by atoms with Crippen LogP contribution in [0.25, 0.3) is 11.1 Å². The summed E-state index contributed by atoms with van der Waals surface area (Å²) < 4.78 is 39.4. The maximum Gasteiger partial charge on any atom is 0.263 e. The summed E-state index contributed by atoms with van der Waals surface area (Å²) in [6.45, 7) is 1.71. The molecule has 0 heterocycles. The predicted octanol–water partition coefficient (Wildman–Crippen LogP) is 4.79. The highest BCUT2D eigenvalue weighted by molar-refractivity contribution is 7.92. The van der Waals surface area contributed by atoms with E-state index in [4.69, 9.17) is 21.1 Å². The van der Waals surface area contributed by atoms with E-state index < -0.39 is 16.1 Å². The fraction of sp³-hybridized carbons (Fsp3) is 0.208. The van der Waals surface area contributed by atoms with Gasteiger partial charge in [0, 0.05) is 5.69 Å². The lowest BCUT2D eigenvalue weighted by molar-refractivity contribution is -0.117. The molecule has 1 atom stereocenters. The Labute approximate surface area is 216 Å². The van der Waals surface area contributed by atoms with E-state index in [0.717, 1.165) is 11.1 Å². The highest BCUT2D eigenvalue weighted by atomic mass is 35.5. The summed E-state index contributed by atoms with van der Waals surface area (Å²) in [4.78, 5) is 12.1. The normalized spacial score (nSPS) is 11.7. The van der Waals surface area contributed by atoms with E-state index in [-0.39, 0.29) is 39.7 Å². The number of carbonyl (C=O) groups is 1. The molecule has 3 N–H and O–H groups in total. The highest BCUT2D eigenvalue weighted by Gasteiger charge is 2.21. The number of ether oxygens (including phenoxy) is 2. The van der Waals surface area contributed by atoms with Crippen molar-refractivity contribution in [3.8, 4) is 22.6 Å². The Kier molecular flexibility index (Phi) is 9.79. The van der Waals surface area contributed by atoms with E-state index >= 15 is 0 Å². The minimum Gasteiger partial charge on any atom is -0.497 e. The van der Waals surface area contributed by atoms with Crippen LogP contribution in [-0.4, -0.2) is 41.6 Å². The number of likely N-dealkylation sites (N-methyl/N-ethyl adjacent to an activating group) is 1. The number of methoxy groups -OCH3 is 2. The molecule has 0 aliphatic rings. The van der Waals surface area contributed by atoms with Gasteiger partial charge in [0.25, 0.3) is 10.0 Å². The summed E-state index contributed by atoms with van der Waals surface area (Å²) in [5.41, 5.74) is 2.14. The van der Waals surface area contributed by atoms with E-state index in [1.165, 1.54) is 19.2 Å². The molecule has 0 fully saturated rings. The van der Waals surface area contributed by atoms with Gasteiger partial charge >= 0.3 is 0 Å². The van der Waals surface area contributed by atoms with Crippen LogP contribution in [0.1, 0.15) is 6.92 Å². The smallest absolute Gasteiger partial charge is 0.263 e. The van der Waals surface area contributed by atoms with Crippen LogP contribution in [0, 0.1) is 0 Å². The van der Waals surface area contributed by atoms with Crippen molar-refractivity contribution in [2.24, 2.45) is 0 Å². The van der Waals surface area contributed by atoms with Crippen molar-refractivity contribution in [1.82, 2.24) is 5.32 Å². The van der Waals surface area contributed by atoms with Crippen molar-refractivity contribution in [2.45, 2.75) is 17.9 Å². The van der Waals surface area contributed by atoms with Gasteiger partial charge in [-0.15, -0.1) is 12.4 Å². The second-order valence-corrected chi connectivity index (χ2v) is 9.46. The number of hydrogen-bond acceptors (Lipinski definition) is 6. The molecule has 3 aromatic carbocycles. The molecule has 0 saturated heterocycles. The third kappa shape index (κ3) is 6.79. The first-order valence-electron chi connectivity index (χ1n) is 10.3. The molecular weight excluding hydrogens is 513 g/mol.